The number of hydrogen-bond donors (Lipinski definition) is 0. The van der Waals surface area contributed by atoms with E-state index in [1.165, 1.54) is 0 Å². The van der Waals surface area contributed by atoms with Crippen LogP contribution in [0.25, 0.3) is 0 Å². The highest BCUT2D eigenvalue weighted by Gasteiger charge is 2.28. The Bertz CT molecular complexity index is 152. The van der Waals surface area contributed by atoms with E-state index in [9.17, 15) is 0 Å². The Hall–Kier alpha value is -0.730. The van der Waals surface area contributed by atoms with Crippen LogP contribution in [-0.2, 0) is 9.47 Å². The molecular formula is C7H13NO2. The SMILES string of the molecule is CCOC1=NCC(C)(C)O1. The molecule has 1 aliphatic heterocycles. The molecule has 3 heteroatoms. The first-order valence-corrected chi connectivity index (χ1v) is 3.50. The van der Waals surface area contributed by atoms with Crippen molar-refractivity contribution in [3.8, 4) is 0 Å². The summed E-state index contributed by atoms with van der Waals surface area (Å²) in [6, 6.07) is 0. The molecule has 1 heterocycles. The second kappa shape index (κ2) is 2.48. The van der Waals surface area contributed by atoms with Gasteiger partial charge in [-0.1, -0.05) is 0 Å². The molecular weight excluding hydrogens is 130 g/mol. The van der Waals surface area contributed by atoms with Crippen molar-refractivity contribution in [1.29, 1.82) is 0 Å². The van der Waals surface area contributed by atoms with Crippen molar-refractivity contribution in [3.63, 3.8) is 0 Å². The summed E-state index contributed by atoms with van der Waals surface area (Å²) in [5, 5.41) is 0. The number of aliphatic imine (C=N–C) groups is 1. The fourth-order valence-corrected chi connectivity index (χ4v) is 0.754. The van der Waals surface area contributed by atoms with Crippen molar-refractivity contribution in [2.45, 2.75) is 26.4 Å². The third-order valence-electron chi connectivity index (χ3n) is 1.22. The molecule has 0 saturated heterocycles. The van der Waals surface area contributed by atoms with E-state index in [1.807, 2.05) is 20.8 Å². The van der Waals surface area contributed by atoms with Gasteiger partial charge in [0.2, 0.25) is 0 Å². The Morgan fingerprint density at radius 2 is 2.40 bits per heavy atom. The summed E-state index contributed by atoms with van der Waals surface area (Å²) in [6.45, 7) is 7.21. The van der Waals surface area contributed by atoms with Crippen LogP contribution >= 0.6 is 0 Å². The first-order chi connectivity index (χ1) is 4.64. The molecule has 0 saturated carbocycles. The maximum atomic E-state index is 5.32. The second-order valence-electron chi connectivity index (χ2n) is 2.88. The Balaban J connectivity index is 2.39. The predicted molar refractivity (Wildman–Crippen MR) is 39.1 cm³/mol. The van der Waals surface area contributed by atoms with Crippen LogP contribution in [0.5, 0.6) is 0 Å². The fraction of sp³-hybridized carbons (Fsp3) is 0.857. The van der Waals surface area contributed by atoms with Crippen LogP contribution in [0.3, 0.4) is 0 Å². The van der Waals surface area contributed by atoms with Crippen LogP contribution < -0.4 is 0 Å². The third kappa shape index (κ3) is 1.62. The van der Waals surface area contributed by atoms with E-state index >= 15 is 0 Å². The van der Waals surface area contributed by atoms with E-state index in [0.29, 0.717) is 19.2 Å². The average Bonchev–Trinajstić information content (AvgIpc) is 2.12. The van der Waals surface area contributed by atoms with Crippen LogP contribution in [0.2, 0.25) is 0 Å². The van der Waals surface area contributed by atoms with Crippen molar-refractivity contribution in [2.75, 3.05) is 13.2 Å². The van der Waals surface area contributed by atoms with Crippen molar-refractivity contribution >= 4 is 6.08 Å². The zero-order valence-corrected chi connectivity index (χ0v) is 6.68. The molecule has 0 amide bonds. The Kier molecular flexibility index (Phi) is 1.83. The first-order valence-electron chi connectivity index (χ1n) is 3.50. The lowest BCUT2D eigenvalue weighted by Crippen LogP contribution is -2.24. The molecule has 0 aromatic rings. The van der Waals surface area contributed by atoms with E-state index in [4.69, 9.17) is 9.47 Å². The van der Waals surface area contributed by atoms with Gasteiger partial charge in [-0.2, -0.15) is 0 Å². The van der Waals surface area contributed by atoms with Gasteiger partial charge >= 0.3 is 6.08 Å². The minimum absolute atomic E-state index is 0.162. The summed E-state index contributed by atoms with van der Waals surface area (Å²) in [5.74, 6) is 0. The lowest BCUT2D eigenvalue weighted by Gasteiger charge is -2.16. The Labute approximate surface area is 61.0 Å². The summed E-state index contributed by atoms with van der Waals surface area (Å²) in [5.41, 5.74) is -0.162. The Morgan fingerprint density at radius 1 is 1.70 bits per heavy atom. The van der Waals surface area contributed by atoms with Gasteiger partial charge in [-0.25, -0.2) is 4.99 Å². The maximum absolute atomic E-state index is 5.32. The molecule has 0 N–H and O–H groups in total. The highest BCUT2D eigenvalue weighted by atomic mass is 16.7. The van der Waals surface area contributed by atoms with Crippen LogP contribution in [0.1, 0.15) is 20.8 Å². The Morgan fingerprint density at radius 3 is 2.80 bits per heavy atom. The minimum atomic E-state index is -0.162. The van der Waals surface area contributed by atoms with E-state index in [0.717, 1.165) is 0 Å². The molecule has 0 aromatic carbocycles. The summed E-state index contributed by atoms with van der Waals surface area (Å²) in [4.78, 5) is 4.05. The standard InChI is InChI=1S/C7H13NO2/c1-4-9-6-8-5-7(2,3)10-6/h4-5H2,1-3H3. The molecule has 1 aliphatic rings. The smallest absolute Gasteiger partial charge is 0.384 e. The van der Waals surface area contributed by atoms with Gasteiger partial charge in [-0.05, 0) is 20.8 Å². The number of hydrogen-bond acceptors (Lipinski definition) is 3. The molecule has 3 nitrogen and oxygen atoms in total. The van der Waals surface area contributed by atoms with Crippen molar-refractivity contribution in [2.24, 2.45) is 4.99 Å². The van der Waals surface area contributed by atoms with Crippen molar-refractivity contribution in [3.05, 3.63) is 0 Å². The van der Waals surface area contributed by atoms with Gasteiger partial charge in [-0.15, -0.1) is 0 Å². The summed E-state index contributed by atoms with van der Waals surface area (Å²) in [6.07, 6.45) is 0.438. The van der Waals surface area contributed by atoms with Gasteiger partial charge in [-0.3, -0.25) is 0 Å². The summed E-state index contributed by atoms with van der Waals surface area (Å²) < 4.78 is 10.4. The summed E-state index contributed by atoms with van der Waals surface area (Å²) >= 11 is 0. The molecule has 58 valence electrons. The minimum Gasteiger partial charge on any atom is -0.451 e. The molecule has 0 atom stereocenters. The van der Waals surface area contributed by atoms with Crippen molar-refractivity contribution in [1.82, 2.24) is 0 Å². The van der Waals surface area contributed by atoms with Crippen LogP contribution in [0.15, 0.2) is 4.99 Å². The highest BCUT2D eigenvalue weighted by molar-refractivity contribution is 5.69. The molecule has 0 radical (unpaired) electrons. The number of ether oxygens (including phenoxy) is 2. The molecule has 0 bridgehead atoms. The lowest BCUT2D eigenvalue weighted by atomic mass is 10.1. The van der Waals surface area contributed by atoms with Gasteiger partial charge in [0.25, 0.3) is 0 Å². The largest absolute Gasteiger partial charge is 0.451 e. The van der Waals surface area contributed by atoms with Crippen molar-refractivity contribution < 1.29 is 9.47 Å². The molecule has 10 heavy (non-hydrogen) atoms. The average molecular weight is 143 g/mol. The van der Waals surface area contributed by atoms with E-state index in [-0.39, 0.29) is 5.60 Å². The van der Waals surface area contributed by atoms with E-state index in [1.54, 1.807) is 0 Å². The topological polar surface area (TPSA) is 30.8 Å². The lowest BCUT2D eigenvalue weighted by molar-refractivity contribution is 0.0805. The fourth-order valence-electron chi connectivity index (χ4n) is 0.754. The van der Waals surface area contributed by atoms with Crippen LogP contribution in [0.4, 0.5) is 0 Å². The maximum Gasteiger partial charge on any atom is 0.384 e. The van der Waals surface area contributed by atoms with Gasteiger partial charge in [0, 0.05) is 0 Å². The molecule has 0 spiro atoms. The zero-order chi connectivity index (χ0) is 7.61. The van der Waals surface area contributed by atoms with Gasteiger partial charge < -0.3 is 9.47 Å². The molecule has 0 aromatic heterocycles. The highest BCUT2D eigenvalue weighted by Crippen LogP contribution is 2.16. The molecule has 1 rings (SSSR count). The first kappa shape index (κ1) is 7.38. The predicted octanol–water partition coefficient (Wildman–Crippen LogP) is 1.19. The van der Waals surface area contributed by atoms with Gasteiger partial charge in [0.05, 0.1) is 13.2 Å². The monoisotopic (exact) mass is 143 g/mol. The van der Waals surface area contributed by atoms with Crippen LogP contribution in [0, 0.1) is 0 Å². The van der Waals surface area contributed by atoms with E-state index < -0.39 is 0 Å². The molecule has 0 unspecified atom stereocenters. The van der Waals surface area contributed by atoms with Gasteiger partial charge in [0.1, 0.15) is 5.60 Å². The number of rotatable bonds is 1. The van der Waals surface area contributed by atoms with Gasteiger partial charge in [0.15, 0.2) is 0 Å². The number of nitrogens with zero attached hydrogens (tertiary/aromatic N) is 1. The van der Waals surface area contributed by atoms with Crippen LogP contribution in [-0.4, -0.2) is 24.8 Å². The van der Waals surface area contributed by atoms with E-state index in [2.05, 4.69) is 4.99 Å². The molecule has 0 fully saturated rings. The quantitative estimate of drug-likeness (QED) is 0.552. The summed E-state index contributed by atoms with van der Waals surface area (Å²) in [7, 11) is 0. The second-order valence-corrected chi connectivity index (χ2v) is 2.88. The zero-order valence-electron chi connectivity index (χ0n) is 6.68. The third-order valence-corrected chi connectivity index (χ3v) is 1.22. The molecule has 0 aliphatic carbocycles. The normalized spacial score (nSPS) is 21.7.